The third-order valence-corrected chi connectivity index (χ3v) is 1.38. The summed E-state index contributed by atoms with van der Waals surface area (Å²) in [5.74, 6) is 0. The lowest BCUT2D eigenvalue weighted by Gasteiger charge is -1.88. The van der Waals surface area contributed by atoms with Crippen molar-refractivity contribution in [3.05, 3.63) is 42.0 Å². The fourth-order valence-electron chi connectivity index (χ4n) is 0.836. The maximum Gasteiger partial charge on any atom is 0.0468 e. The van der Waals surface area contributed by atoms with Crippen LogP contribution in [0.1, 0.15) is 5.56 Å². The van der Waals surface area contributed by atoms with E-state index in [4.69, 9.17) is 0 Å². The zero-order valence-electron chi connectivity index (χ0n) is 7.07. The molecule has 0 unspecified atom stereocenters. The van der Waals surface area contributed by atoms with Gasteiger partial charge in [-0.05, 0) is 11.6 Å². The minimum Gasteiger partial charge on any atom is -0.313 e. The van der Waals surface area contributed by atoms with Crippen LogP contribution in [0.3, 0.4) is 0 Å². The molecule has 0 aromatic heterocycles. The second kappa shape index (κ2) is 5.13. The number of hydrogen-bond donors (Lipinski definition) is 1. The van der Waals surface area contributed by atoms with Gasteiger partial charge in [-0.1, -0.05) is 36.4 Å². The Bertz CT molecular complexity index is 262. The zero-order chi connectivity index (χ0) is 8.65. The van der Waals surface area contributed by atoms with Gasteiger partial charge in [0.05, 0.1) is 0 Å². The molecule has 0 amide bonds. The van der Waals surface area contributed by atoms with Gasteiger partial charge in [0.15, 0.2) is 0 Å². The molecule has 2 nitrogen and oxygen atoms in total. The van der Waals surface area contributed by atoms with Crippen molar-refractivity contribution in [1.29, 1.82) is 0 Å². The van der Waals surface area contributed by atoms with Gasteiger partial charge in [0, 0.05) is 13.3 Å². The van der Waals surface area contributed by atoms with Gasteiger partial charge in [0.25, 0.3) is 0 Å². The first-order valence-corrected chi connectivity index (χ1v) is 3.85. The van der Waals surface area contributed by atoms with E-state index in [1.165, 1.54) is 5.56 Å². The normalized spacial score (nSPS) is 11.1. The van der Waals surface area contributed by atoms with Crippen molar-refractivity contribution in [3.8, 4) is 0 Å². The molecule has 62 valence electrons. The Kier molecular flexibility index (Phi) is 3.64. The van der Waals surface area contributed by atoms with E-state index in [1.807, 2.05) is 42.5 Å². The molecule has 1 rings (SSSR count). The fraction of sp³-hybridized carbons (Fsp3) is 0.100. The molecule has 0 radical (unpaired) electrons. The first-order chi connectivity index (χ1) is 5.93. The van der Waals surface area contributed by atoms with Crippen LogP contribution in [0.15, 0.2) is 41.5 Å². The van der Waals surface area contributed by atoms with Gasteiger partial charge in [-0.3, -0.25) is 0 Å². The van der Waals surface area contributed by atoms with Crippen LogP contribution in [0.25, 0.3) is 6.08 Å². The molecule has 0 saturated heterocycles. The Morgan fingerprint density at radius 1 is 1.25 bits per heavy atom. The van der Waals surface area contributed by atoms with E-state index < -0.39 is 0 Å². The van der Waals surface area contributed by atoms with Crippen molar-refractivity contribution >= 4 is 12.3 Å². The van der Waals surface area contributed by atoms with Crippen LogP contribution < -0.4 is 5.43 Å². The molecule has 12 heavy (non-hydrogen) atoms. The number of hydrogen-bond acceptors (Lipinski definition) is 2. The van der Waals surface area contributed by atoms with Gasteiger partial charge in [-0.15, -0.1) is 0 Å². The standard InChI is InChI=1S/C10H12N2/c1-11-12-9-5-8-10-6-3-2-4-7-10/h2-9,11H,1H3/b8-5+,12-9?. The summed E-state index contributed by atoms with van der Waals surface area (Å²) in [6, 6.07) is 10.1. The van der Waals surface area contributed by atoms with Gasteiger partial charge in [-0.25, -0.2) is 0 Å². The first-order valence-electron chi connectivity index (χ1n) is 3.85. The monoisotopic (exact) mass is 160 g/mol. The van der Waals surface area contributed by atoms with Crippen LogP contribution in [0.2, 0.25) is 0 Å². The summed E-state index contributed by atoms with van der Waals surface area (Å²) in [7, 11) is 1.77. The molecule has 0 atom stereocenters. The van der Waals surface area contributed by atoms with E-state index >= 15 is 0 Å². The summed E-state index contributed by atoms with van der Waals surface area (Å²) >= 11 is 0. The summed E-state index contributed by atoms with van der Waals surface area (Å²) in [6.07, 6.45) is 5.61. The smallest absolute Gasteiger partial charge is 0.0468 e. The number of rotatable bonds is 3. The van der Waals surface area contributed by atoms with E-state index in [1.54, 1.807) is 13.3 Å². The fourth-order valence-corrected chi connectivity index (χ4v) is 0.836. The lowest BCUT2D eigenvalue weighted by Crippen LogP contribution is -1.91. The minimum absolute atomic E-state index is 1.18. The van der Waals surface area contributed by atoms with Gasteiger partial charge in [0.2, 0.25) is 0 Å². The Morgan fingerprint density at radius 3 is 2.67 bits per heavy atom. The molecular formula is C10H12N2. The summed E-state index contributed by atoms with van der Waals surface area (Å²) < 4.78 is 0. The van der Waals surface area contributed by atoms with Crippen LogP contribution in [0, 0.1) is 0 Å². The largest absolute Gasteiger partial charge is 0.313 e. The minimum atomic E-state index is 1.18. The highest BCUT2D eigenvalue weighted by Gasteiger charge is 1.79. The maximum absolute atomic E-state index is 3.83. The SMILES string of the molecule is CNN=C/C=C/c1ccccc1. The van der Waals surface area contributed by atoms with Crippen molar-refractivity contribution in [2.45, 2.75) is 0 Å². The van der Waals surface area contributed by atoms with Crippen LogP contribution in [0.5, 0.6) is 0 Å². The number of hydrazone groups is 1. The van der Waals surface area contributed by atoms with Gasteiger partial charge in [0.1, 0.15) is 0 Å². The Hall–Kier alpha value is -1.57. The number of nitrogens with zero attached hydrogens (tertiary/aromatic N) is 1. The molecule has 0 spiro atoms. The molecule has 0 saturated carbocycles. The zero-order valence-corrected chi connectivity index (χ0v) is 7.07. The highest BCUT2D eigenvalue weighted by atomic mass is 15.3. The van der Waals surface area contributed by atoms with E-state index in [-0.39, 0.29) is 0 Å². The molecule has 0 aliphatic carbocycles. The van der Waals surface area contributed by atoms with Crippen molar-refractivity contribution in [2.24, 2.45) is 5.10 Å². The van der Waals surface area contributed by atoms with Crippen molar-refractivity contribution < 1.29 is 0 Å². The van der Waals surface area contributed by atoms with E-state index in [2.05, 4.69) is 10.5 Å². The number of allylic oxidation sites excluding steroid dienone is 1. The Labute approximate surface area is 72.6 Å². The Morgan fingerprint density at radius 2 is 2.00 bits per heavy atom. The summed E-state index contributed by atoms with van der Waals surface area (Å²) in [4.78, 5) is 0. The third kappa shape index (κ3) is 3.01. The summed E-state index contributed by atoms with van der Waals surface area (Å²) in [5.41, 5.74) is 3.85. The van der Waals surface area contributed by atoms with Crippen LogP contribution >= 0.6 is 0 Å². The highest BCUT2D eigenvalue weighted by Crippen LogP contribution is 1.99. The summed E-state index contributed by atoms with van der Waals surface area (Å²) in [6.45, 7) is 0. The number of benzene rings is 1. The molecule has 1 aromatic carbocycles. The molecule has 0 aliphatic heterocycles. The molecule has 2 heteroatoms. The van der Waals surface area contributed by atoms with Crippen LogP contribution in [-0.2, 0) is 0 Å². The van der Waals surface area contributed by atoms with Crippen LogP contribution in [0.4, 0.5) is 0 Å². The third-order valence-electron chi connectivity index (χ3n) is 1.38. The second-order valence-electron chi connectivity index (χ2n) is 2.27. The molecule has 1 aromatic rings. The average Bonchev–Trinajstić information content (AvgIpc) is 2.14. The predicted molar refractivity (Wildman–Crippen MR) is 53.0 cm³/mol. The van der Waals surface area contributed by atoms with Gasteiger partial charge < -0.3 is 5.43 Å². The summed E-state index contributed by atoms with van der Waals surface area (Å²) in [5, 5.41) is 3.83. The predicted octanol–water partition coefficient (Wildman–Crippen LogP) is 1.91. The first kappa shape index (κ1) is 8.53. The molecule has 1 N–H and O–H groups in total. The number of nitrogens with one attached hydrogen (secondary N) is 1. The molecular weight excluding hydrogens is 148 g/mol. The van der Waals surface area contributed by atoms with E-state index in [0.29, 0.717) is 0 Å². The molecule has 0 fully saturated rings. The lowest BCUT2D eigenvalue weighted by molar-refractivity contribution is 0.909. The lowest BCUT2D eigenvalue weighted by atomic mass is 10.2. The Balaban J connectivity index is 2.52. The van der Waals surface area contributed by atoms with Gasteiger partial charge in [-0.2, -0.15) is 5.10 Å². The van der Waals surface area contributed by atoms with E-state index in [9.17, 15) is 0 Å². The molecule has 0 bridgehead atoms. The van der Waals surface area contributed by atoms with E-state index in [0.717, 1.165) is 0 Å². The molecule has 0 heterocycles. The molecule has 0 aliphatic rings. The quantitative estimate of drug-likeness (QED) is 0.530. The van der Waals surface area contributed by atoms with Crippen molar-refractivity contribution in [2.75, 3.05) is 7.05 Å². The highest BCUT2D eigenvalue weighted by molar-refractivity contribution is 5.77. The van der Waals surface area contributed by atoms with Crippen LogP contribution in [-0.4, -0.2) is 13.3 Å². The second-order valence-corrected chi connectivity index (χ2v) is 2.27. The van der Waals surface area contributed by atoms with Gasteiger partial charge >= 0.3 is 0 Å². The van der Waals surface area contributed by atoms with Crippen molar-refractivity contribution in [3.63, 3.8) is 0 Å². The maximum atomic E-state index is 3.83. The van der Waals surface area contributed by atoms with Crippen molar-refractivity contribution in [1.82, 2.24) is 5.43 Å². The average molecular weight is 160 g/mol. The topological polar surface area (TPSA) is 24.4 Å².